The van der Waals surface area contributed by atoms with Crippen molar-refractivity contribution in [2.45, 2.75) is 33.6 Å². The van der Waals surface area contributed by atoms with Crippen molar-refractivity contribution in [2.24, 2.45) is 0 Å². The number of halogens is 1. The highest BCUT2D eigenvalue weighted by atomic mass is 19.1. The molecule has 0 aliphatic carbocycles. The van der Waals surface area contributed by atoms with E-state index in [2.05, 4.69) is 5.10 Å². The summed E-state index contributed by atoms with van der Waals surface area (Å²) in [6.45, 7) is 8.98. The Kier molecular flexibility index (Phi) is 6.71. The highest BCUT2D eigenvalue weighted by molar-refractivity contribution is 5.97. The number of amides is 2. The summed E-state index contributed by atoms with van der Waals surface area (Å²) in [6, 6.07) is 5.96. The number of carbonyl (C=O) groups is 2. The number of hydrogen-bond acceptors (Lipinski definition) is 3. The molecule has 146 valence electrons. The van der Waals surface area contributed by atoms with E-state index in [1.54, 1.807) is 28.8 Å². The Morgan fingerprint density at radius 2 is 1.74 bits per heavy atom. The van der Waals surface area contributed by atoms with Crippen LogP contribution >= 0.6 is 0 Å². The van der Waals surface area contributed by atoms with Gasteiger partial charge < -0.3 is 9.80 Å². The predicted octanol–water partition coefficient (Wildman–Crippen LogP) is 3.08. The van der Waals surface area contributed by atoms with E-state index < -0.39 is 0 Å². The molecule has 0 fully saturated rings. The summed E-state index contributed by atoms with van der Waals surface area (Å²) in [5.74, 6) is -0.660. The maximum Gasteiger partial charge on any atom is 0.257 e. The minimum atomic E-state index is -0.331. The van der Waals surface area contributed by atoms with Crippen LogP contribution in [0.5, 0.6) is 0 Å². The Hall–Kier alpha value is -2.70. The Morgan fingerprint density at radius 3 is 2.26 bits per heavy atom. The van der Waals surface area contributed by atoms with Gasteiger partial charge in [0.25, 0.3) is 5.91 Å². The first-order valence-electron chi connectivity index (χ1n) is 9.17. The molecule has 2 aromatic rings. The van der Waals surface area contributed by atoms with Crippen molar-refractivity contribution in [3.8, 4) is 5.69 Å². The van der Waals surface area contributed by atoms with Crippen molar-refractivity contribution in [3.63, 3.8) is 0 Å². The summed E-state index contributed by atoms with van der Waals surface area (Å²) in [5.41, 5.74) is 1.86. The highest BCUT2D eigenvalue weighted by Crippen LogP contribution is 2.24. The van der Waals surface area contributed by atoms with Gasteiger partial charge in [-0.05, 0) is 44.0 Å². The first-order valence-corrected chi connectivity index (χ1v) is 9.17. The maximum atomic E-state index is 13.2. The number of carbonyl (C=O) groups excluding carboxylic acids is 2. The van der Waals surface area contributed by atoms with Gasteiger partial charge in [0, 0.05) is 20.1 Å². The number of rotatable bonds is 7. The highest BCUT2D eigenvalue weighted by Gasteiger charge is 2.25. The lowest BCUT2D eigenvalue weighted by atomic mass is 10.0. The van der Waals surface area contributed by atoms with Gasteiger partial charge in [0.05, 0.1) is 29.7 Å². The second-order valence-corrected chi connectivity index (χ2v) is 6.71. The minimum Gasteiger partial charge on any atom is -0.342 e. The molecule has 1 aromatic carbocycles. The zero-order chi connectivity index (χ0) is 20.1. The third kappa shape index (κ3) is 4.53. The number of hydrogen-bond donors (Lipinski definition) is 0. The van der Waals surface area contributed by atoms with Crippen LogP contribution in [0, 0.1) is 5.82 Å². The molecule has 0 N–H and O–H groups in total. The summed E-state index contributed by atoms with van der Waals surface area (Å²) < 4.78 is 14.9. The third-order valence-corrected chi connectivity index (χ3v) is 4.49. The van der Waals surface area contributed by atoms with Crippen LogP contribution in [0.3, 0.4) is 0 Å². The lowest BCUT2D eigenvalue weighted by molar-refractivity contribution is -0.131. The average molecular weight is 374 g/mol. The molecule has 2 rings (SSSR count). The average Bonchev–Trinajstić information content (AvgIpc) is 3.07. The van der Waals surface area contributed by atoms with E-state index in [0.717, 1.165) is 5.69 Å². The van der Waals surface area contributed by atoms with Gasteiger partial charge in [-0.1, -0.05) is 13.8 Å². The standard InChI is InChI=1S/C20H27FN4O2/c1-6-24(7-2)18(26)13-23(5)20(27)17-12-22-25(19(17)14(3)4)16-10-8-15(21)9-11-16/h8-12,14H,6-7,13H2,1-5H3. The molecule has 1 heterocycles. The fourth-order valence-corrected chi connectivity index (χ4v) is 3.02. The molecule has 27 heavy (non-hydrogen) atoms. The number of likely N-dealkylation sites (N-methyl/N-ethyl adjacent to an activating group) is 2. The van der Waals surface area contributed by atoms with Crippen molar-refractivity contribution >= 4 is 11.8 Å². The van der Waals surface area contributed by atoms with Crippen molar-refractivity contribution < 1.29 is 14.0 Å². The second-order valence-electron chi connectivity index (χ2n) is 6.71. The molecule has 0 unspecified atom stereocenters. The summed E-state index contributed by atoms with van der Waals surface area (Å²) in [5, 5.41) is 4.34. The van der Waals surface area contributed by atoms with Crippen LogP contribution in [-0.2, 0) is 4.79 Å². The zero-order valence-electron chi connectivity index (χ0n) is 16.6. The van der Waals surface area contributed by atoms with E-state index >= 15 is 0 Å². The fraction of sp³-hybridized carbons (Fsp3) is 0.450. The zero-order valence-corrected chi connectivity index (χ0v) is 16.6. The monoisotopic (exact) mass is 374 g/mol. The van der Waals surface area contributed by atoms with Gasteiger partial charge in [-0.25, -0.2) is 9.07 Å². The molecule has 7 heteroatoms. The van der Waals surface area contributed by atoms with E-state index in [4.69, 9.17) is 0 Å². The van der Waals surface area contributed by atoms with Crippen LogP contribution in [-0.4, -0.2) is 58.1 Å². The van der Waals surface area contributed by atoms with Gasteiger partial charge in [0.2, 0.25) is 5.91 Å². The fourth-order valence-electron chi connectivity index (χ4n) is 3.02. The van der Waals surface area contributed by atoms with E-state index in [9.17, 15) is 14.0 Å². The molecule has 0 saturated carbocycles. The van der Waals surface area contributed by atoms with E-state index in [-0.39, 0.29) is 30.1 Å². The molecule has 2 amide bonds. The number of aromatic nitrogens is 2. The van der Waals surface area contributed by atoms with Crippen molar-refractivity contribution in [1.29, 1.82) is 0 Å². The van der Waals surface area contributed by atoms with Crippen molar-refractivity contribution in [3.05, 3.63) is 47.5 Å². The molecule has 0 aliphatic rings. The molecule has 0 atom stereocenters. The lowest BCUT2D eigenvalue weighted by Crippen LogP contribution is -2.41. The van der Waals surface area contributed by atoms with Gasteiger partial charge in [-0.2, -0.15) is 5.10 Å². The molecule has 1 aromatic heterocycles. The van der Waals surface area contributed by atoms with E-state index in [1.165, 1.54) is 23.2 Å². The van der Waals surface area contributed by atoms with Crippen molar-refractivity contribution in [1.82, 2.24) is 19.6 Å². The summed E-state index contributed by atoms with van der Waals surface area (Å²) in [4.78, 5) is 28.4. The third-order valence-electron chi connectivity index (χ3n) is 4.49. The molecule has 0 aliphatic heterocycles. The maximum absolute atomic E-state index is 13.2. The second kappa shape index (κ2) is 8.79. The molecular formula is C20H27FN4O2. The van der Waals surface area contributed by atoms with Crippen LogP contribution in [0.1, 0.15) is 49.7 Å². The summed E-state index contributed by atoms with van der Waals surface area (Å²) in [7, 11) is 1.61. The smallest absolute Gasteiger partial charge is 0.257 e. The number of benzene rings is 1. The van der Waals surface area contributed by atoms with Gasteiger partial charge >= 0.3 is 0 Å². The Balaban J connectivity index is 2.31. The first-order chi connectivity index (χ1) is 12.8. The van der Waals surface area contributed by atoms with Gasteiger partial charge in [0.1, 0.15) is 5.82 Å². The molecule has 0 saturated heterocycles. The van der Waals surface area contributed by atoms with E-state index in [0.29, 0.717) is 24.3 Å². The molecule has 0 radical (unpaired) electrons. The van der Waals surface area contributed by atoms with Crippen LogP contribution < -0.4 is 0 Å². The van der Waals surface area contributed by atoms with Crippen LogP contribution in [0.15, 0.2) is 30.5 Å². The predicted molar refractivity (Wildman–Crippen MR) is 102 cm³/mol. The normalized spacial score (nSPS) is 10.9. The minimum absolute atomic E-state index is 0.0137. The van der Waals surface area contributed by atoms with Crippen LogP contribution in [0.2, 0.25) is 0 Å². The van der Waals surface area contributed by atoms with Gasteiger partial charge in [0.15, 0.2) is 0 Å². The molecular weight excluding hydrogens is 347 g/mol. The Morgan fingerprint density at radius 1 is 1.15 bits per heavy atom. The van der Waals surface area contributed by atoms with Gasteiger partial charge in [-0.15, -0.1) is 0 Å². The Bertz CT molecular complexity index is 795. The number of nitrogens with zero attached hydrogens (tertiary/aromatic N) is 4. The molecule has 6 nitrogen and oxygen atoms in total. The van der Waals surface area contributed by atoms with E-state index in [1.807, 2.05) is 27.7 Å². The Labute approximate surface area is 159 Å². The quantitative estimate of drug-likeness (QED) is 0.748. The SMILES string of the molecule is CCN(CC)C(=O)CN(C)C(=O)c1cnn(-c2ccc(F)cc2)c1C(C)C. The topological polar surface area (TPSA) is 58.4 Å². The summed E-state index contributed by atoms with van der Waals surface area (Å²) in [6.07, 6.45) is 1.51. The van der Waals surface area contributed by atoms with Crippen molar-refractivity contribution in [2.75, 3.05) is 26.7 Å². The summed E-state index contributed by atoms with van der Waals surface area (Å²) >= 11 is 0. The lowest BCUT2D eigenvalue weighted by Gasteiger charge is -2.23. The van der Waals surface area contributed by atoms with Crippen LogP contribution in [0.4, 0.5) is 4.39 Å². The van der Waals surface area contributed by atoms with Gasteiger partial charge in [-0.3, -0.25) is 9.59 Å². The largest absolute Gasteiger partial charge is 0.342 e. The first kappa shape index (κ1) is 20.6. The molecule has 0 spiro atoms. The molecule has 0 bridgehead atoms. The van der Waals surface area contributed by atoms with Crippen LogP contribution in [0.25, 0.3) is 5.69 Å².